The Kier molecular flexibility index (Phi) is 4.46. The lowest BCUT2D eigenvalue weighted by molar-refractivity contribution is -0.119. The molecule has 2 N–H and O–H groups in total. The summed E-state index contributed by atoms with van der Waals surface area (Å²) in [5.74, 6) is -0.0862. The first-order valence-electron chi connectivity index (χ1n) is 5.68. The summed E-state index contributed by atoms with van der Waals surface area (Å²) in [5, 5.41) is 0. The molecule has 0 bridgehead atoms. The monoisotopic (exact) mass is 232 g/mol. The van der Waals surface area contributed by atoms with Crippen LogP contribution in [0.25, 0.3) is 0 Å². The molecule has 1 atom stereocenters. The molecular weight excluding hydrogens is 212 g/mol. The van der Waals surface area contributed by atoms with Crippen LogP contribution in [-0.4, -0.2) is 19.0 Å². The highest BCUT2D eigenvalue weighted by molar-refractivity contribution is 5.97. The second kappa shape index (κ2) is 5.64. The summed E-state index contributed by atoms with van der Waals surface area (Å²) in [5.41, 5.74) is 8.94. The Balaban J connectivity index is 2.92. The topological polar surface area (TPSA) is 46.3 Å². The summed E-state index contributed by atoms with van der Waals surface area (Å²) in [6.45, 7) is 7.61. The number of anilines is 1. The van der Waals surface area contributed by atoms with E-state index < -0.39 is 6.04 Å². The number of hydrogen-bond donors (Lipinski definition) is 1. The van der Waals surface area contributed by atoms with Crippen LogP contribution in [0, 0.1) is 13.8 Å². The number of benzene rings is 1. The van der Waals surface area contributed by atoms with Gasteiger partial charge >= 0.3 is 0 Å². The number of amides is 1. The minimum atomic E-state index is -0.516. The first-order valence-corrected chi connectivity index (χ1v) is 5.68. The molecule has 0 aromatic heterocycles. The number of likely N-dealkylation sites (N-methyl/N-ethyl adjacent to an activating group) is 1. The standard InChI is InChI=1S/C14H20N2O/c1-5-6-12(15)14(17)16(4)13-8-7-10(2)9-11(13)3/h5,7-9,12H,1,6,15H2,2-4H3. The van der Waals surface area contributed by atoms with E-state index >= 15 is 0 Å². The normalized spacial score (nSPS) is 12.0. The van der Waals surface area contributed by atoms with E-state index in [1.807, 2.05) is 26.0 Å². The van der Waals surface area contributed by atoms with E-state index in [4.69, 9.17) is 5.73 Å². The average Bonchev–Trinajstić information content (AvgIpc) is 2.27. The fourth-order valence-electron chi connectivity index (χ4n) is 1.83. The molecule has 0 heterocycles. The summed E-state index contributed by atoms with van der Waals surface area (Å²) in [4.78, 5) is 13.6. The number of nitrogens with zero attached hydrogens (tertiary/aromatic N) is 1. The second-order valence-electron chi connectivity index (χ2n) is 4.32. The summed E-state index contributed by atoms with van der Waals surface area (Å²) in [6.07, 6.45) is 2.16. The molecule has 0 radical (unpaired) electrons. The van der Waals surface area contributed by atoms with E-state index in [-0.39, 0.29) is 5.91 Å². The second-order valence-corrected chi connectivity index (χ2v) is 4.32. The fourth-order valence-corrected chi connectivity index (χ4v) is 1.83. The van der Waals surface area contributed by atoms with Crippen LogP contribution in [-0.2, 0) is 4.79 Å². The highest BCUT2D eigenvalue weighted by atomic mass is 16.2. The van der Waals surface area contributed by atoms with Gasteiger partial charge in [0.1, 0.15) is 0 Å². The quantitative estimate of drug-likeness (QED) is 0.809. The third kappa shape index (κ3) is 3.17. The lowest BCUT2D eigenvalue weighted by Crippen LogP contribution is -2.41. The molecule has 3 nitrogen and oxygen atoms in total. The predicted molar refractivity (Wildman–Crippen MR) is 72.1 cm³/mol. The predicted octanol–water partition coefficient (Wildman–Crippen LogP) is 2.17. The Morgan fingerprint density at radius 3 is 2.71 bits per heavy atom. The maximum Gasteiger partial charge on any atom is 0.243 e. The number of hydrogen-bond acceptors (Lipinski definition) is 2. The molecule has 0 aliphatic rings. The van der Waals surface area contributed by atoms with E-state index in [0.717, 1.165) is 11.3 Å². The van der Waals surface area contributed by atoms with Crippen molar-refractivity contribution in [1.29, 1.82) is 0 Å². The van der Waals surface area contributed by atoms with Gasteiger partial charge in [-0.3, -0.25) is 4.79 Å². The highest BCUT2D eigenvalue weighted by Gasteiger charge is 2.18. The van der Waals surface area contributed by atoms with Gasteiger partial charge in [0.15, 0.2) is 0 Å². The lowest BCUT2D eigenvalue weighted by atomic mass is 10.1. The van der Waals surface area contributed by atoms with Crippen LogP contribution in [0.3, 0.4) is 0 Å². The SMILES string of the molecule is C=CCC(N)C(=O)N(C)c1ccc(C)cc1C. The molecule has 1 aromatic rings. The minimum Gasteiger partial charge on any atom is -0.320 e. The van der Waals surface area contributed by atoms with E-state index in [1.54, 1.807) is 18.0 Å². The van der Waals surface area contributed by atoms with Crippen molar-refractivity contribution in [2.45, 2.75) is 26.3 Å². The molecule has 0 saturated carbocycles. The summed E-state index contributed by atoms with van der Waals surface area (Å²) in [7, 11) is 1.75. The van der Waals surface area contributed by atoms with Gasteiger partial charge in [-0.2, -0.15) is 0 Å². The average molecular weight is 232 g/mol. The van der Waals surface area contributed by atoms with Crippen molar-refractivity contribution in [2.24, 2.45) is 5.73 Å². The first kappa shape index (κ1) is 13.5. The highest BCUT2D eigenvalue weighted by Crippen LogP contribution is 2.20. The van der Waals surface area contributed by atoms with Crippen molar-refractivity contribution < 1.29 is 4.79 Å². The Morgan fingerprint density at radius 2 is 2.18 bits per heavy atom. The van der Waals surface area contributed by atoms with Crippen molar-refractivity contribution in [3.8, 4) is 0 Å². The Morgan fingerprint density at radius 1 is 1.53 bits per heavy atom. The molecule has 0 spiro atoms. The fraction of sp³-hybridized carbons (Fsp3) is 0.357. The van der Waals surface area contributed by atoms with Crippen LogP contribution in [0.2, 0.25) is 0 Å². The van der Waals surface area contributed by atoms with Crippen LogP contribution >= 0.6 is 0 Å². The minimum absolute atomic E-state index is 0.0862. The van der Waals surface area contributed by atoms with Gasteiger partial charge in [-0.05, 0) is 31.9 Å². The molecule has 0 saturated heterocycles. The molecule has 1 amide bonds. The van der Waals surface area contributed by atoms with Crippen molar-refractivity contribution in [2.75, 3.05) is 11.9 Å². The Labute approximate surface area is 103 Å². The molecule has 17 heavy (non-hydrogen) atoms. The third-order valence-electron chi connectivity index (χ3n) is 2.78. The maximum absolute atomic E-state index is 12.0. The summed E-state index contributed by atoms with van der Waals surface area (Å²) in [6, 6.07) is 5.48. The zero-order chi connectivity index (χ0) is 13.0. The Hall–Kier alpha value is -1.61. The van der Waals surface area contributed by atoms with Gasteiger partial charge in [0.2, 0.25) is 5.91 Å². The van der Waals surface area contributed by atoms with Gasteiger partial charge in [-0.15, -0.1) is 6.58 Å². The molecule has 1 rings (SSSR count). The number of aryl methyl sites for hydroxylation is 2. The van der Waals surface area contributed by atoms with E-state index in [0.29, 0.717) is 6.42 Å². The first-order chi connectivity index (χ1) is 7.97. The van der Waals surface area contributed by atoms with E-state index in [2.05, 4.69) is 12.6 Å². The van der Waals surface area contributed by atoms with Crippen molar-refractivity contribution in [1.82, 2.24) is 0 Å². The number of rotatable bonds is 4. The molecule has 0 aliphatic heterocycles. The molecular formula is C14H20N2O. The van der Waals surface area contributed by atoms with Crippen LogP contribution in [0.1, 0.15) is 17.5 Å². The van der Waals surface area contributed by atoms with Crippen molar-refractivity contribution in [3.05, 3.63) is 42.0 Å². The van der Waals surface area contributed by atoms with Crippen LogP contribution in [0.15, 0.2) is 30.9 Å². The van der Waals surface area contributed by atoms with Gasteiger partial charge in [0, 0.05) is 12.7 Å². The zero-order valence-corrected chi connectivity index (χ0v) is 10.7. The van der Waals surface area contributed by atoms with Crippen LogP contribution in [0.4, 0.5) is 5.69 Å². The van der Waals surface area contributed by atoms with E-state index in [9.17, 15) is 4.79 Å². The molecule has 0 aliphatic carbocycles. The van der Waals surface area contributed by atoms with Gasteiger partial charge in [0.05, 0.1) is 6.04 Å². The molecule has 3 heteroatoms. The van der Waals surface area contributed by atoms with Crippen LogP contribution < -0.4 is 10.6 Å². The summed E-state index contributed by atoms with van der Waals surface area (Å²) >= 11 is 0. The molecule has 1 unspecified atom stereocenters. The summed E-state index contributed by atoms with van der Waals surface area (Å²) < 4.78 is 0. The van der Waals surface area contributed by atoms with Gasteiger partial charge in [0.25, 0.3) is 0 Å². The lowest BCUT2D eigenvalue weighted by Gasteiger charge is -2.22. The maximum atomic E-state index is 12.0. The van der Waals surface area contributed by atoms with Crippen LogP contribution in [0.5, 0.6) is 0 Å². The van der Waals surface area contributed by atoms with Gasteiger partial charge in [-0.25, -0.2) is 0 Å². The zero-order valence-electron chi connectivity index (χ0n) is 10.7. The molecule has 0 fully saturated rings. The Bertz CT molecular complexity index is 426. The van der Waals surface area contributed by atoms with Gasteiger partial charge in [-0.1, -0.05) is 23.8 Å². The van der Waals surface area contributed by atoms with Gasteiger partial charge < -0.3 is 10.6 Å². The molecule has 92 valence electrons. The smallest absolute Gasteiger partial charge is 0.243 e. The molecule has 1 aromatic carbocycles. The van der Waals surface area contributed by atoms with E-state index in [1.165, 1.54) is 5.56 Å². The van der Waals surface area contributed by atoms with Crippen molar-refractivity contribution >= 4 is 11.6 Å². The number of nitrogens with two attached hydrogens (primary N) is 1. The number of carbonyl (C=O) groups is 1. The third-order valence-corrected chi connectivity index (χ3v) is 2.78. The largest absolute Gasteiger partial charge is 0.320 e. The number of carbonyl (C=O) groups excluding carboxylic acids is 1. The van der Waals surface area contributed by atoms with Crippen molar-refractivity contribution in [3.63, 3.8) is 0 Å².